The lowest BCUT2D eigenvalue weighted by Gasteiger charge is -2.08. The molecule has 70 valence electrons. The Morgan fingerprint density at radius 2 is 2.08 bits per heavy atom. The van der Waals surface area contributed by atoms with E-state index in [1.54, 1.807) is 0 Å². The molecule has 1 fully saturated rings. The number of nitrogens with two attached hydrogens (primary N) is 1. The van der Waals surface area contributed by atoms with Gasteiger partial charge in [0.05, 0.1) is 6.61 Å². The van der Waals surface area contributed by atoms with Gasteiger partial charge in [0.25, 0.3) is 0 Å². The molecule has 0 aromatic carbocycles. The van der Waals surface area contributed by atoms with Crippen LogP contribution in [0.3, 0.4) is 0 Å². The third kappa shape index (κ3) is 3.72. The molecule has 0 unspecified atom stereocenters. The lowest BCUT2D eigenvalue weighted by Crippen LogP contribution is -2.15. The lowest BCUT2D eigenvalue weighted by atomic mass is 10.1. The smallest absolute Gasteiger partial charge is 0.219 e. The van der Waals surface area contributed by atoms with E-state index in [0.717, 1.165) is 12.5 Å². The van der Waals surface area contributed by atoms with Crippen molar-refractivity contribution in [2.45, 2.75) is 32.1 Å². The van der Waals surface area contributed by atoms with E-state index in [2.05, 4.69) is 0 Å². The number of amides is 1. The van der Waals surface area contributed by atoms with Gasteiger partial charge in [-0.3, -0.25) is 4.79 Å². The maximum Gasteiger partial charge on any atom is 0.219 e. The first kappa shape index (κ1) is 9.52. The topological polar surface area (TPSA) is 52.3 Å². The molecule has 0 aromatic heterocycles. The molecule has 12 heavy (non-hydrogen) atoms. The first-order chi connectivity index (χ1) is 5.79. The second kappa shape index (κ2) is 5.14. The Morgan fingerprint density at radius 3 is 2.67 bits per heavy atom. The summed E-state index contributed by atoms with van der Waals surface area (Å²) in [6.07, 6.45) is 5.60. The van der Waals surface area contributed by atoms with Crippen molar-refractivity contribution in [3.8, 4) is 0 Å². The molecule has 0 radical (unpaired) electrons. The van der Waals surface area contributed by atoms with Crippen LogP contribution in [0.25, 0.3) is 0 Å². The van der Waals surface area contributed by atoms with Crippen LogP contribution in [-0.4, -0.2) is 19.1 Å². The molecule has 0 atom stereocenters. The van der Waals surface area contributed by atoms with Crippen LogP contribution in [0.15, 0.2) is 0 Å². The molecular weight excluding hydrogens is 154 g/mol. The van der Waals surface area contributed by atoms with Crippen LogP contribution in [0.5, 0.6) is 0 Å². The molecule has 0 saturated heterocycles. The van der Waals surface area contributed by atoms with E-state index in [-0.39, 0.29) is 5.91 Å². The second-order valence-electron chi connectivity index (χ2n) is 3.44. The number of primary amides is 1. The van der Waals surface area contributed by atoms with Gasteiger partial charge in [-0.15, -0.1) is 0 Å². The van der Waals surface area contributed by atoms with Gasteiger partial charge in [0, 0.05) is 13.0 Å². The predicted octanol–water partition coefficient (Wildman–Crippen LogP) is 1.07. The lowest BCUT2D eigenvalue weighted by molar-refractivity contribution is -0.119. The summed E-state index contributed by atoms with van der Waals surface area (Å²) in [6.45, 7) is 1.30. The molecule has 1 saturated carbocycles. The molecule has 1 aliphatic carbocycles. The summed E-state index contributed by atoms with van der Waals surface area (Å²) in [7, 11) is 0. The highest BCUT2D eigenvalue weighted by Gasteiger charge is 2.14. The second-order valence-corrected chi connectivity index (χ2v) is 3.44. The standard InChI is InChI=1S/C9H17NO2/c10-9(11)5-6-12-7-8-3-1-2-4-8/h8H,1-7H2,(H2,10,11). The molecule has 3 nitrogen and oxygen atoms in total. The molecule has 2 N–H and O–H groups in total. The monoisotopic (exact) mass is 171 g/mol. The van der Waals surface area contributed by atoms with Crippen LogP contribution in [0.1, 0.15) is 32.1 Å². The third-order valence-electron chi connectivity index (χ3n) is 2.32. The van der Waals surface area contributed by atoms with Gasteiger partial charge in [0.15, 0.2) is 0 Å². The number of hydrogen-bond acceptors (Lipinski definition) is 2. The van der Waals surface area contributed by atoms with E-state index in [0.29, 0.717) is 13.0 Å². The van der Waals surface area contributed by atoms with Gasteiger partial charge in [0.2, 0.25) is 5.91 Å². The maximum atomic E-state index is 10.3. The summed E-state index contributed by atoms with van der Waals surface area (Å²) >= 11 is 0. The molecule has 0 aromatic rings. The first-order valence-electron chi connectivity index (χ1n) is 4.65. The predicted molar refractivity (Wildman–Crippen MR) is 46.6 cm³/mol. The summed E-state index contributed by atoms with van der Waals surface area (Å²) in [5.74, 6) is 0.458. The Kier molecular flexibility index (Phi) is 4.08. The molecule has 3 heteroatoms. The fourth-order valence-corrected chi connectivity index (χ4v) is 1.60. The number of ether oxygens (including phenoxy) is 1. The Balaban J connectivity index is 1.91. The van der Waals surface area contributed by atoms with Crippen LogP contribution in [-0.2, 0) is 9.53 Å². The summed E-state index contributed by atoms with van der Waals surface area (Å²) in [6, 6.07) is 0. The van der Waals surface area contributed by atoms with E-state index < -0.39 is 0 Å². The zero-order valence-corrected chi connectivity index (χ0v) is 7.42. The zero-order valence-electron chi connectivity index (χ0n) is 7.42. The van der Waals surface area contributed by atoms with E-state index >= 15 is 0 Å². The summed E-state index contributed by atoms with van der Waals surface area (Å²) in [5.41, 5.74) is 4.97. The molecule has 0 heterocycles. The van der Waals surface area contributed by atoms with Crippen molar-refractivity contribution < 1.29 is 9.53 Å². The van der Waals surface area contributed by atoms with Gasteiger partial charge in [-0.25, -0.2) is 0 Å². The number of rotatable bonds is 5. The van der Waals surface area contributed by atoms with Gasteiger partial charge in [0.1, 0.15) is 0 Å². The SMILES string of the molecule is NC(=O)CCOCC1CCCC1. The molecular formula is C9H17NO2. The minimum atomic E-state index is -0.276. The molecule has 0 spiro atoms. The van der Waals surface area contributed by atoms with Crippen molar-refractivity contribution in [3.63, 3.8) is 0 Å². The average Bonchev–Trinajstić information content (AvgIpc) is 2.49. The Morgan fingerprint density at radius 1 is 1.42 bits per heavy atom. The quantitative estimate of drug-likeness (QED) is 0.629. The normalized spacial score (nSPS) is 18.3. The van der Waals surface area contributed by atoms with Gasteiger partial charge < -0.3 is 10.5 Å². The fraction of sp³-hybridized carbons (Fsp3) is 0.889. The van der Waals surface area contributed by atoms with Crippen molar-refractivity contribution in [3.05, 3.63) is 0 Å². The van der Waals surface area contributed by atoms with E-state index in [4.69, 9.17) is 10.5 Å². The minimum Gasteiger partial charge on any atom is -0.381 e. The van der Waals surface area contributed by atoms with Crippen LogP contribution >= 0.6 is 0 Å². The number of carbonyl (C=O) groups excluding carboxylic acids is 1. The summed E-state index contributed by atoms with van der Waals surface area (Å²) < 4.78 is 5.33. The average molecular weight is 171 g/mol. The van der Waals surface area contributed by atoms with E-state index in [1.165, 1.54) is 25.7 Å². The highest BCUT2D eigenvalue weighted by molar-refractivity contribution is 5.73. The van der Waals surface area contributed by atoms with Crippen LogP contribution in [0.2, 0.25) is 0 Å². The third-order valence-corrected chi connectivity index (χ3v) is 2.32. The molecule has 0 aliphatic heterocycles. The van der Waals surface area contributed by atoms with Crippen LogP contribution in [0.4, 0.5) is 0 Å². The number of hydrogen-bond donors (Lipinski definition) is 1. The Labute approximate surface area is 73.3 Å². The van der Waals surface area contributed by atoms with Crippen molar-refractivity contribution in [2.24, 2.45) is 11.7 Å². The minimum absolute atomic E-state index is 0.276. The fourth-order valence-electron chi connectivity index (χ4n) is 1.60. The summed E-state index contributed by atoms with van der Waals surface area (Å²) in [4.78, 5) is 10.3. The largest absolute Gasteiger partial charge is 0.381 e. The highest BCUT2D eigenvalue weighted by Crippen LogP contribution is 2.24. The van der Waals surface area contributed by atoms with Gasteiger partial charge in [-0.2, -0.15) is 0 Å². The van der Waals surface area contributed by atoms with Gasteiger partial charge in [-0.05, 0) is 18.8 Å². The van der Waals surface area contributed by atoms with Crippen molar-refractivity contribution >= 4 is 5.91 Å². The van der Waals surface area contributed by atoms with E-state index in [1.807, 2.05) is 0 Å². The maximum absolute atomic E-state index is 10.3. The molecule has 1 rings (SSSR count). The van der Waals surface area contributed by atoms with Crippen molar-refractivity contribution in [1.82, 2.24) is 0 Å². The first-order valence-corrected chi connectivity index (χ1v) is 4.65. The zero-order chi connectivity index (χ0) is 8.81. The highest BCUT2D eigenvalue weighted by atomic mass is 16.5. The van der Waals surface area contributed by atoms with Crippen LogP contribution < -0.4 is 5.73 Å². The van der Waals surface area contributed by atoms with Gasteiger partial charge >= 0.3 is 0 Å². The summed E-state index contributed by atoms with van der Waals surface area (Å²) in [5, 5.41) is 0. The Bertz CT molecular complexity index is 141. The van der Waals surface area contributed by atoms with Crippen molar-refractivity contribution in [2.75, 3.05) is 13.2 Å². The molecule has 1 amide bonds. The van der Waals surface area contributed by atoms with Gasteiger partial charge in [-0.1, -0.05) is 12.8 Å². The van der Waals surface area contributed by atoms with Crippen LogP contribution in [0, 0.1) is 5.92 Å². The Hall–Kier alpha value is -0.570. The van der Waals surface area contributed by atoms with Crippen molar-refractivity contribution in [1.29, 1.82) is 0 Å². The molecule has 0 bridgehead atoms. The van der Waals surface area contributed by atoms with E-state index in [9.17, 15) is 4.79 Å². The molecule has 1 aliphatic rings. The number of carbonyl (C=O) groups is 1.